The fraction of sp³-hybridized carbons (Fsp3) is 0.286. The number of hydrogen-bond donors (Lipinski definition) is 1. The smallest absolute Gasteiger partial charge is 0.296 e. The third kappa shape index (κ3) is 5.21. The second-order valence-corrected chi connectivity index (χ2v) is 4.90. The summed E-state index contributed by atoms with van der Waals surface area (Å²) in [6.45, 7) is 5.11. The highest BCUT2D eigenvalue weighted by Crippen LogP contribution is 2.18. The van der Waals surface area contributed by atoms with E-state index in [1.54, 1.807) is 51.1 Å². The Balaban J connectivity index is 2.98. The third-order valence-corrected chi connectivity index (χ3v) is 2.02. The molecule has 0 amide bonds. The number of hydrogen-bond acceptors (Lipinski definition) is 6. The molecular weight excluding hydrogens is 264 g/mol. The van der Waals surface area contributed by atoms with Gasteiger partial charge in [0.05, 0.1) is 5.57 Å². The van der Waals surface area contributed by atoms with Crippen LogP contribution in [0, 0.1) is 0 Å². The average Bonchev–Trinajstić information content (AvgIpc) is 2.42. The van der Waals surface area contributed by atoms with Crippen molar-refractivity contribution >= 4 is 17.5 Å². The van der Waals surface area contributed by atoms with Gasteiger partial charge in [0.2, 0.25) is 0 Å². The van der Waals surface area contributed by atoms with Crippen LogP contribution in [0.2, 0.25) is 0 Å². The van der Waals surface area contributed by atoms with Crippen molar-refractivity contribution in [2.75, 3.05) is 0 Å². The Morgan fingerprint density at radius 2 is 1.75 bits per heavy atom. The predicted octanol–water partition coefficient (Wildman–Crippen LogP) is 2.36. The average molecular weight is 280 g/mol. The summed E-state index contributed by atoms with van der Waals surface area (Å²) in [6, 6.07) is 8.34. The Labute approximate surface area is 116 Å². The van der Waals surface area contributed by atoms with Crippen molar-refractivity contribution in [2.45, 2.75) is 26.4 Å². The lowest BCUT2D eigenvalue weighted by Gasteiger charge is -2.17. The van der Waals surface area contributed by atoms with Gasteiger partial charge in [-0.2, -0.15) is 10.1 Å². The molecule has 0 atom stereocenters. The zero-order valence-corrected chi connectivity index (χ0v) is 11.5. The minimum atomic E-state index is -1.09. The van der Waals surface area contributed by atoms with E-state index in [2.05, 4.69) is 9.78 Å². The van der Waals surface area contributed by atoms with E-state index in [1.165, 1.54) is 0 Å². The first kappa shape index (κ1) is 15.9. The van der Waals surface area contributed by atoms with Gasteiger partial charge < -0.3 is 0 Å². The minimum Gasteiger partial charge on any atom is -0.296 e. The lowest BCUT2D eigenvalue weighted by atomic mass is 10.1. The van der Waals surface area contributed by atoms with Crippen molar-refractivity contribution < 1.29 is 29.5 Å². The largest absolute Gasteiger partial charge is 0.373 e. The fourth-order valence-corrected chi connectivity index (χ4v) is 1.23. The molecule has 0 spiro atoms. The summed E-state index contributed by atoms with van der Waals surface area (Å²) in [5.41, 5.74) is -0.344. The summed E-state index contributed by atoms with van der Waals surface area (Å²) in [4.78, 5) is 36.2. The predicted molar refractivity (Wildman–Crippen MR) is 70.1 cm³/mol. The molecule has 0 saturated heterocycles. The summed E-state index contributed by atoms with van der Waals surface area (Å²) in [6.07, 6.45) is 0.823. The van der Waals surface area contributed by atoms with Crippen LogP contribution in [0.3, 0.4) is 0 Å². The molecule has 0 aromatic heterocycles. The lowest BCUT2D eigenvalue weighted by molar-refractivity contribution is -0.315. The van der Waals surface area contributed by atoms with Crippen molar-refractivity contribution in [1.82, 2.24) is 0 Å². The van der Waals surface area contributed by atoms with Crippen molar-refractivity contribution in [3.05, 3.63) is 42.0 Å². The normalized spacial score (nSPS) is 11.9. The van der Waals surface area contributed by atoms with Crippen LogP contribution in [0.25, 0.3) is 5.57 Å². The van der Waals surface area contributed by atoms with Crippen LogP contribution in [0.5, 0.6) is 0 Å². The molecule has 0 aliphatic rings. The van der Waals surface area contributed by atoms with Gasteiger partial charge in [0.15, 0.2) is 0 Å². The molecule has 6 nitrogen and oxygen atoms in total. The van der Waals surface area contributed by atoms with Crippen LogP contribution in [0.15, 0.2) is 36.4 Å². The maximum atomic E-state index is 11.9. The van der Waals surface area contributed by atoms with Gasteiger partial charge in [0, 0.05) is 6.08 Å². The fourth-order valence-electron chi connectivity index (χ4n) is 1.23. The molecule has 108 valence electrons. The molecule has 0 fully saturated rings. The van der Waals surface area contributed by atoms with Gasteiger partial charge in [-0.1, -0.05) is 30.3 Å². The van der Waals surface area contributed by atoms with Crippen molar-refractivity contribution in [3.8, 4) is 0 Å². The SMILES string of the molecule is CC(C)(C)OOC(=O)/C(=C\C(=O)OO)c1ccccc1. The van der Waals surface area contributed by atoms with Gasteiger partial charge >= 0.3 is 11.9 Å². The van der Waals surface area contributed by atoms with Gasteiger partial charge in [-0.3, -0.25) is 9.78 Å². The van der Waals surface area contributed by atoms with Crippen molar-refractivity contribution in [2.24, 2.45) is 0 Å². The van der Waals surface area contributed by atoms with Gasteiger partial charge in [-0.05, 0) is 26.3 Å². The molecule has 0 saturated carbocycles. The molecule has 0 aliphatic carbocycles. The monoisotopic (exact) mass is 280 g/mol. The van der Waals surface area contributed by atoms with Crippen LogP contribution in [-0.2, 0) is 24.3 Å². The number of carbonyl (C=O) groups excluding carboxylic acids is 2. The molecule has 1 aromatic carbocycles. The highest BCUT2D eigenvalue weighted by atomic mass is 17.2. The minimum absolute atomic E-state index is 0.0890. The summed E-state index contributed by atoms with van der Waals surface area (Å²) in [5, 5.41) is 8.29. The molecule has 0 radical (unpaired) electrons. The van der Waals surface area contributed by atoms with Gasteiger partial charge in [-0.15, -0.1) is 0 Å². The quantitative estimate of drug-likeness (QED) is 0.518. The molecule has 1 N–H and O–H groups in total. The molecule has 0 aliphatic heterocycles. The molecule has 20 heavy (non-hydrogen) atoms. The van der Waals surface area contributed by atoms with E-state index in [4.69, 9.17) is 10.1 Å². The van der Waals surface area contributed by atoms with E-state index < -0.39 is 17.5 Å². The van der Waals surface area contributed by atoms with Crippen LogP contribution in [0.1, 0.15) is 26.3 Å². The zero-order chi connectivity index (χ0) is 15.2. The number of benzene rings is 1. The number of carbonyl (C=O) groups is 2. The second kappa shape index (κ2) is 6.83. The molecule has 1 aromatic rings. The van der Waals surface area contributed by atoms with E-state index in [0.29, 0.717) is 5.56 Å². The van der Waals surface area contributed by atoms with Crippen LogP contribution in [-0.4, -0.2) is 22.8 Å². The van der Waals surface area contributed by atoms with Crippen LogP contribution < -0.4 is 0 Å². The first-order chi connectivity index (χ1) is 9.33. The van der Waals surface area contributed by atoms with E-state index in [0.717, 1.165) is 6.08 Å². The summed E-state index contributed by atoms with van der Waals surface area (Å²) < 4.78 is 0. The van der Waals surface area contributed by atoms with Crippen LogP contribution >= 0.6 is 0 Å². The second-order valence-electron chi connectivity index (χ2n) is 4.90. The first-order valence-electron chi connectivity index (χ1n) is 5.86. The van der Waals surface area contributed by atoms with E-state index in [-0.39, 0.29) is 5.57 Å². The Morgan fingerprint density at radius 3 is 2.25 bits per heavy atom. The maximum absolute atomic E-state index is 11.9. The Morgan fingerprint density at radius 1 is 1.15 bits per heavy atom. The molecule has 0 unspecified atom stereocenters. The van der Waals surface area contributed by atoms with Gasteiger partial charge in [-0.25, -0.2) is 9.59 Å². The van der Waals surface area contributed by atoms with E-state index in [9.17, 15) is 9.59 Å². The Bertz CT molecular complexity index is 498. The Kier molecular flexibility index (Phi) is 5.42. The maximum Gasteiger partial charge on any atom is 0.373 e. The highest BCUT2D eigenvalue weighted by molar-refractivity contribution is 6.20. The van der Waals surface area contributed by atoms with Crippen molar-refractivity contribution in [1.29, 1.82) is 0 Å². The Hall–Kier alpha value is -2.18. The summed E-state index contributed by atoms with van der Waals surface area (Å²) in [5.74, 6) is -1.95. The van der Waals surface area contributed by atoms with Gasteiger partial charge in [0.25, 0.3) is 0 Å². The van der Waals surface area contributed by atoms with Crippen LogP contribution in [0.4, 0.5) is 0 Å². The molecule has 0 heterocycles. The third-order valence-electron chi connectivity index (χ3n) is 2.02. The van der Waals surface area contributed by atoms with Gasteiger partial charge in [0.1, 0.15) is 5.60 Å². The first-order valence-corrected chi connectivity index (χ1v) is 5.86. The summed E-state index contributed by atoms with van der Waals surface area (Å²) >= 11 is 0. The highest BCUT2D eigenvalue weighted by Gasteiger charge is 2.21. The van der Waals surface area contributed by atoms with Crippen molar-refractivity contribution in [3.63, 3.8) is 0 Å². The molecule has 1 rings (SSSR count). The molecule has 0 bridgehead atoms. The topological polar surface area (TPSA) is 82.1 Å². The molecule has 6 heteroatoms. The van der Waals surface area contributed by atoms with E-state index in [1.807, 2.05) is 0 Å². The summed E-state index contributed by atoms with van der Waals surface area (Å²) in [7, 11) is 0. The molecular formula is C14H16O6. The lowest BCUT2D eigenvalue weighted by Crippen LogP contribution is -2.22. The number of rotatable bonds is 4. The zero-order valence-electron chi connectivity index (χ0n) is 11.5. The standard InChI is InChI=1S/C14H16O6/c1-14(2,3)20-19-13(16)11(9-12(15)18-17)10-7-5-4-6-8-10/h4-9,17H,1-3H3/b11-9-. The van der Waals surface area contributed by atoms with E-state index >= 15 is 0 Å².